The van der Waals surface area contributed by atoms with Gasteiger partial charge in [-0.25, -0.2) is 13.1 Å². The monoisotopic (exact) mass is 299 g/mol. The van der Waals surface area contributed by atoms with Gasteiger partial charge in [0, 0.05) is 32.0 Å². The number of sulfonamides is 1. The van der Waals surface area contributed by atoms with Crippen LogP contribution in [0.5, 0.6) is 0 Å². The third kappa shape index (κ3) is 3.42. The van der Waals surface area contributed by atoms with Crippen LogP contribution in [0.1, 0.15) is 38.8 Å². The number of hydrogen-bond donors (Lipinski definition) is 2. The van der Waals surface area contributed by atoms with Crippen LogP contribution in [0, 0.1) is 5.41 Å². The lowest BCUT2D eigenvalue weighted by Gasteiger charge is -2.12. The van der Waals surface area contributed by atoms with Crippen molar-refractivity contribution in [3.05, 3.63) is 18.0 Å². The van der Waals surface area contributed by atoms with E-state index in [0.29, 0.717) is 18.0 Å². The molecule has 0 spiro atoms. The summed E-state index contributed by atoms with van der Waals surface area (Å²) in [5, 5.41) is 3.21. The fourth-order valence-corrected chi connectivity index (χ4v) is 3.57. The van der Waals surface area contributed by atoms with Gasteiger partial charge in [0.25, 0.3) is 0 Å². The quantitative estimate of drug-likeness (QED) is 0.766. The van der Waals surface area contributed by atoms with Crippen LogP contribution < -0.4 is 10.0 Å². The van der Waals surface area contributed by atoms with Crippen LogP contribution in [0.25, 0.3) is 0 Å². The van der Waals surface area contributed by atoms with E-state index in [1.54, 1.807) is 12.3 Å². The second-order valence-corrected chi connectivity index (χ2v) is 7.50. The van der Waals surface area contributed by atoms with Gasteiger partial charge in [0.15, 0.2) is 0 Å². The van der Waals surface area contributed by atoms with Gasteiger partial charge >= 0.3 is 0 Å². The summed E-state index contributed by atoms with van der Waals surface area (Å²) in [7, 11) is -1.51. The van der Waals surface area contributed by atoms with Gasteiger partial charge in [-0.2, -0.15) is 0 Å². The minimum absolute atomic E-state index is 0.217. The SMILES string of the molecule is CCNCc1cc(S(=O)(=O)NCC2(CC)CC2)cn1C. The van der Waals surface area contributed by atoms with Crippen LogP contribution in [0.15, 0.2) is 17.2 Å². The first-order chi connectivity index (χ1) is 9.42. The molecule has 1 saturated carbocycles. The van der Waals surface area contributed by atoms with Crippen molar-refractivity contribution in [2.24, 2.45) is 12.5 Å². The van der Waals surface area contributed by atoms with Gasteiger partial charge < -0.3 is 9.88 Å². The zero-order chi connectivity index (χ0) is 14.8. The van der Waals surface area contributed by atoms with Crippen LogP contribution in [0.3, 0.4) is 0 Å². The molecule has 0 unspecified atom stereocenters. The highest BCUT2D eigenvalue weighted by Gasteiger charge is 2.41. The van der Waals surface area contributed by atoms with Crippen molar-refractivity contribution in [1.82, 2.24) is 14.6 Å². The molecular weight excluding hydrogens is 274 g/mol. The number of nitrogens with zero attached hydrogens (tertiary/aromatic N) is 1. The van der Waals surface area contributed by atoms with Crippen LogP contribution in [-0.4, -0.2) is 26.1 Å². The predicted molar refractivity (Wildman–Crippen MR) is 79.9 cm³/mol. The Bertz CT molecular complexity index is 559. The van der Waals surface area contributed by atoms with Gasteiger partial charge in [-0.15, -0.1) is 0 Å². The molecule has 2 N–H and O–H groups in total. The second kappa shape index (κ2) is 5.87. The zero-order valence-corrected chi connectivity index (χ0v) is 13.4. The molecule has 0 aliphatic heterocycles. The van der Waals surface area contributed by atoms with E-state index in [1.165, 1.54) is 0 Å². The number of nitrogens with one attached hydrogen (secondary N) is 2. The van der Waals surface area contributed by atoms with Gasteiger partial charge in [0.1, 0.15) is 0 Å². The third-order valence-corrected chi connectivity index (χ3v) is 5.66. The van der Waals surface area contributed by atoms with Gasteiger partial charge in [-0.3, -0.25) is 0 Å². The molecular formula is C14H25N3O2S. The van der Waals surface area contributed by atoms with Crippen LogP contribution >= 0.6 is 0 Å². The molecule has 1 aromatic rings. The highest BCUT2D eigenvalue weighted by molar-refractivity contribution is 7.89. The molecule has 0 aromatic carbocycles. The fourth-order valence-electron chi connectivity index (χ4n) is 2.32. The molecule has 1 aromatic heterocycles. The van der Waals surface area contributed by atoms with Crippen molar-refractivity contribution in [2.45, 2.75) is 44.6 Å². The summed E-state index contributed by atoms with van der Waals surface area (Å²) in [5.74, 6) is 0. The summed E-state index contributed by atoms with van der Waals surface area (Å²) in [4.78, 5) is 0.361. The Morgan fingerprint density at radius 2 is 2.05 bits per heavy atom. The van der Waals surface area contributed by atoms with Crippen molar-refractivity contribution in [2.75, 3.05) is 13.1 Å². The maximum absolute atomic E-state index is 12.3. The largest absolute Gasteiger partial charge is 0.352 e. The van der Waals surface area contributed by atoms with Gasteiger partial charge in [-0.1, -0.05) is 13.8 Å². The van der Waals surface area contributed by atoms with E-state index in [1.807, 2.05) is 18.5 Å². The molecule has 0 radical (unpaired) electrons. The van der Waals surface area contributed by atoms with E-state index in [2.05, 4.69) is 17.0 Å². The Kier molecular flexibility index (Phi) is 4.56. The smallest absolute Gasteiger partial charge is 0.242 e. The molecule has 0 saturated heterocycles. The first-order valence-corrected chi connectivity index (χ1v) is 8.76. The van der Waals surface area contributed by atoms with Crippen molar-refractivity contribution in [1.29, 1.82) is 0 Å². The predicted octanol–water partition coefficient (Wildman–Crippen LogP) is 1.60. The van der Waals surface area contributed by atoms with E-state index in [9.17, 15) is 8.42 Å². The molecule has 2 rings (SSSR count). The Labute approximate surface area is 121 Å². The third-order valence-electron chi connectivity index (χ3n) is 4.29. The minimum Gasteiger partial charge on any atom is -0.352 e. The Morgan fingerprint density at radius 3 is 2.60 bits per heavy atom. The molecule has 6 heteroatoms. The van der Waals surface area contributed by atoms with E-state index >= 15 is 0 Å². The Hall–Kier alpha value is -0.850. The second-order valence-electron chi connectivity index (χ2n) is 5.74. The molecule has 1 aliphatic carbocycles. The summed E-state index contributed by atoms with van der Waals surface area (Å²) in [6.07, 6.45) is 4.98. The lowest BCUT2D eigenvalue weighted by atomic mass is 10.1. The van der Waals surface area contributed by atoms with Crippen molar-refractivity contribution in [3.63, 3.8) is 0 Å². The number of hydrogen-bond acceptors (Lipinski definition) is 3. The normalized spacial score (nSPS) is 17.4. The van der Waals surface area contributed by atoms with Gasteiger partial charge in [-0.05, 0) is 37.3 Å². The van der Waals surface area contributed by atoms with E-state index in [0.717, 1.165) is 31.5 Å². The Balaban J connectivity index is 2.05. The Morgan fingerprint density at radius 1 is 1.35 bits per heavy atom. The summed E-state index contributed by atoms with van der Waals surface area (Å²) in [5.41, 5.74) is 1.19. The number of rotatable bonds is 8. The molecule has 1 heterocycles. The average Bonchev–Trinajstić information content (AvgIpc) is 3.11. The summed E-state index contributed by atoms with van der Waals surface area (Å²) in [6, 6.07) is 1.75. The molecule has 5 nitrogen and oxygen atoms in total. The molecule has 114 valence electrons. The molecule has 1 fully saturated rings. The molecule has 0 bridgehead atoms. The fraction of sp³-hybridized carbons (Fsp3) is 0.714. The van der Waals surface area contributed by atoms with E-state index < -0.39 is 10.0 Å². The molecule has 0 amide bonds. The first kappa shape index (κ1) is 15.5. The zero-order valence-electron chi connectivity index (χ0n) is 12.6. The maximum Gasteiger partial charge on any atom is 0.242 e. The summed E-state index contributed by atoms with van der Waals surface area (Å²) < 4.78 is 29.3. The molecule has 1 aliphatic rings. The van der Waals surface area contributed by atoms with E-state index in [-0.39, 0.29) is 5.41 Å². The number of aryl methyl sites for hydroxylation is 1. The lowest BCUT2D eigenvalue weighted by Crippen LogP contribution is -2.29. The minimum atomic E-state index is -3.39. The van der Waals surface area contributed by atoms with Gasteiger partial charge in [0.05, 0.1) is 4.90 Å². The summed E-state index contributed by atoms with van der Waals surface area (Å²) >= 11 is 0. The van der Waals surface area contributed by atoms with Gasteiger partial charge in [0.2, 0.25) is 10.0 Å². The highest BCUT2D eigenvalue weighted by atomic mass is 32.2. The standard InChI is InChI=1S/C14H25N3O2S/c1-4-14(6-7-14)11-16-20(18,19)13-8-12(9-15-5-2)17(3)10-13/h8,10,15-16H,4-7,9,11H2,1-3H3. The van der Waals surface area contributed by atoms with Crippen molar-refractivity contribution >= 4 is 10.0 Å². The first-order valence-electron chi connectivity index (χ1n) is 7.28. The van der Waals surface area contributed by atoms with Crippen molar-refractivity contribution < 1.29 is 8.42 Å². The van der Waals surface area contributed by atoms with Crippen molar-refractivity contribution in [3.8, 4) is 0 Å². The molecule has 0 atom stereocenters. The van der Waals surface area contributed by atoms with E-state index in [4.69, 9.17) is 0 Å². The average molecular weight is 299 g/mol. The maximum atomic E-state index is 12.3. The number of aromatic nitrogens is 1. The lowest BCUT2D eigenvalue weighted by molar-refractivity contribution is 0.475. The van der Waals surface area contributed by atoms with Crippen LogP contribution in [0.4, 0.5) is 0 Å². The highest BCUT2D eigenvalue weighted by Crippen LogP contribution is 2.48. The topological polar surface area (TPSA) is 63.1 Å². The molecule has 20 heavy (non-hydrogen) atoms. The van der Waals surface area contributed by atoms with Crippen LogP contribution in [-0.2, 0) is 23.6 Å². The van der Waals surface area contributed by atoms with Crippen LogP contribution in [0.2, 0.25) is 0 Å². The summed E-state index contributed by atoms with van der Waals surface area (Å²) in [6.45, 7) is 6.26.